The van der Waals surface area contributed by atoms with Crippen LogP contribution < -0.4 is 11.1 Å². The molecule has 0 saturated carbocycles. The van der Waals surface area contributed by atoms with Gasteiger partial charge in [0.05, 0.1) is 6.04 Å². The first-order valence-electron chi connectivity index (χ1n) is 4.33. The molecule has 14 heavy (non-hydrogen) atoms. The van der Waals surface area contributed by atoms with E-state index >= 15 is 0 Å². The summed E-state index contributed by atoms with van der Waals surface area (Å²) in [6, 6.07) is 5.57. The number of fused-ring (bicyclic) bond motifs is 1. The van der Waals surface area contributed by atoms with E-state index < -0.39 is 6.04 Å². The number of aryl methyl sites for hydroxylation is 1. The number of nitrogens with one attached hydrogen (secondary N) is 1. The monoisotopic (exact) mass is 212 g/mol. The molecule has 1 amide bonds. The Morgan fingerprint density at radius 3 is 2.93 bits per heavy atom. The number of halogens is 1. The Labute approximate surface area is 89.1 Å². The van der Waals surface area contributed by atoms with Gasteiger partial charge in [-0.1, -0.05) is 18.2 Å². The highest BCUT2D eigenvalue weighted by Crippen LogP contribution is 2.25. The maximum atomic E-state index is 11.3. The van der Waals surface area contributed by atoms with Crippen molar-refractivity contribution < 1.29 is 4.79 Å². The van der Waals surface area contributed by atoms with Crippen molar-refractivity contribution in [3.8, 4) is 0 Å². The molecule has 1 aromatic rings. The molecule has 0 radical (unpaired) electrons. The number of hydrogen-bond acceptors (Lipinski definition) is 2. The summed E-state index contributed by atoms with van der Waals surface area (Å²) in [5, 5.41) is 2.81. The largest absolute Gasteiger partial charge is 0.324 e. The normalized spacial score (nSPS) is 19.3. The smallest absolute Gasteiger partial charge is 0.241 e. The second kappa shape index (κ2) is 3.98. The van der Waals surface area contributed by atoms with Crippen LogP contribution in [0.3, 0.4) is 0 Å². The van der Waals surface area contributed by atoms with Crippen LogP contribution in [0.1, 0.15) is 11.1 Å². The molecular weight excluding hydrogens is 200 g/mol. The Balaban J connectivity index is 0.000000980. The third-order valence-corrected chi connectivity index (χ3v) is 2.38. The van der Waals surface area contributed by atoms with E-state index in [-0.39, 0.29) is 18.3 Å². The molecule has 3 N–H and O–H groups in total. The second-order valence-electron chi connectivity index (χ2n) is 3.41. The van der Waals surface area contributed by atoms with Crippen LogP contribution in [-0.4, -0.2) is 11.9 Å². The van der Waals surface area contributed by atoms with E-state index in [2.05, 4.69) is 5.32 Å². The molecule has 3 nitrogen and oxygen atoms in total. The van der Waals surface area contributed by atoms with Gasteiger partial charge in [-0.3, -0.25) is 4.79 Å². The van der Waals surface area contributed by atoms with Gasteiger partial charge >= 0.3 is 0 Å². The zero-order valence-electron chi connectivity index (χ0n) is 7.91. The predicted molar refractivity (Wildman–Crippen MR) is 58.7 cm³/mol. The van der Waals surface area contributed by atoms with E-state index in [4.69, 9.17) is 5.73 Å². The zero-order valence-corrected chi connectivity index (χ0v) is 8.73. The molecule has 0 fully saturated rings. The number of benzene rings is 1. The van der Waals surface area contributed by atoms with Crippen molar-refractivity contribution in [1.29, 1.82) is 0 Å². The summed E-state index contributed by atoms with van der Waals surface area (Å²) >= 11 is 0. The highest BCUT2D eigenvalue weighted by Gasteiger charge is 2.22. The SMILES string of the molecule is Cc1cccc2c1NC(=O)C(N)C2.Cl. The molecule has 4 heteroatoms. The standard InChI is InChI=1S/C10H12N2O.ClH/c1-6-3-2-4-7-5-8(11)10(13)12-9(6)7;/h2-4,8H,5,11H2,1H3,(H,12,13);1H. The molecule has 0 spiro atoms. The van der Waals surface area contributed by atoms with Gasteiger partial charge in [0.25, 0.3) is 0 Å². The first-order chi connectivity index (χ1) is 6.18. The third kappa shape index (κ3) is 1.74. The molecular formula is C10H13ClN2O. The molecule has 1 aliphatic rings. The van der Waals surface area contributed by atoms with Gasteiger partial charge < -0.3 is 11.1 Å². The fraction of sp³-hybridized carbons (Fsp3) is 0.300. The van der Waals surface area contributed by atoms with Crippen LogP contribution in [-0.2, 0) is 11.2 Å². The highest BCUT2D eigenvalue weighted by atomic mass is 35.5. The van der Waals surface area contributed by atoms with Crippen molar-refractivity contribution in [2.45, 2.75) is 19.4 Å². The van der Waals surface area contributed by atoms with Crippen LogP contribution in [0.25, 0.3) is 0 Å². The fourth-order valence-corrected chi connectivity index (χ4v) is 1.62. The quantitative estimate of drug-likeness (QED) is 0.680. The fourth-order valence-electron chi connectivity index (χ4n) is 1.62. The lowest BCUT2D eigenvalue weighted by atomic mass is 9.97. The lowest BCUT2D eigenvalue weighted by Crippen LogP contribution is -2.41. The van der Waals surface area contributed by atoms with E-state index in [1.165, 1.54) is 0 Å². The van der Waals surface area contributed by atoms with Crippen LogP contribution in [0.2, 0.25) is 0 Å². The van der Waals surface area contributed by atoms with Crippen LogP contribution in [0.15, 0.2) is 18.2 Å². The molecule has 0 bridgehead atoms. The minimum absolute atomic E-state index is 0. The Kier molecular flexibility index (Phi) is 3.13. The number of carbonyl (C=O) groups excluding carboxylic acids is 1. The van der Waals surface area contributed by atoms with E-state index in [1.54, 1.807) is 0 Å². The number of amides is 1. The number of carbonyl (C=O) groups is 1. The summed E-state index contributed by atoms with van der Waals surface area (Å²) in [5.74, 6) is -0.0817. The summed E-state index contributed by atoms with van der Waals surface area (Å²) in [6.07, 6.45) is 0.642. The van der Waals surface area contributed by atoms with Crippen LogP contribution >= 0.6 is 12.4 Å². The van der Waals surface area contributed by atoms with E-state index in [9.17, 15) is 4.79 Å². The third-order valence-electron chi connectivity index (χ3n) is 2.38. The average Bonchev–Trinajstić information content (AvgIpc) is 2.09. The molecule has 0 saturated heterocycles. The maximum absolute atomic E-state index is 11.3. The number of rotatable bonds is 0. The summed E-state index contributed by atoms with van der Waals surface area (Å²) in [5.41, 5.74) is 8.80. The number of para-hydroxylation sites is 1. The van der Waals surface area contributed by atoms with Crippen molar-refractivity contribution >= 4 is 24.0 Å². The van der Waals surface area contributed by atoms with Crippen molar-refractivity contribution in [2.24, 2.45) is 5.73 Å². The van der Waals surface area contributed by atoms with E-state index in [1.807, 2.05) is 25.1 Å². The Morgan fingerprint density at radius 1 is 1.50 bits per heavy atom. The summed E-state index contributed by atoms with van der Waals surface area (Å²) in [6.45, 7) is 1.98. The predicted octanol–water partition coefficient (Wildman–Crippen LogP) is 1.24. The van der Waals surface area contributed by atoms with Gasteiger partial charge in [0, 0.05) is 5.69 Å². The van der Waals surface area contributed by atoms with Crippen molar-refractivity contribution in [3.63, 3.8) is 0 Å². The van der Waals surface area contributed by atoms with Gasteiger partial charge in [0.15, 0.2) is 0 Å². The summed E-state index contributed by atoms with van der Waals surface area (Å²) in [7, 11) is 0. The minimum Gasteiger partial charge on any atom is -0.324 e. The lowest BCUT2D eigenvalue weighted by molar-refractivity contribution is -0.117. The van der Waals surface area contributed by atoms with Gasteiger partial charge in [-0.15, -0.1) is 12.4 Å². The first kappa shape index (κ1) is 11.0. The van der Waals surface area contributed by atoms with Crippen LogP contribution in [0.5, 0.6) is 0 Å². The van der Waals surface area contributed by atoms with Gasteiger partial charge in [-0.2, -0.15) is 0 Å². The Hall–Kier alpha value is -1.06. The van der Waals surface area contributed by atoms with E-state index in [0.29, 0.717) is 6.42 Å². The number of anilines is 1. The second-order valence-corrected chi connectivity index (χ2v) is 3.41. The average molecular weight is 213 g/mol. The molecule has 1 atom stereocenters. The van der Waals surface area contributed by atoms with Gasteiger partial charge in [0.1, 0.15) is 0 Å². The molecule has 1 aromatic carbocycles. The first-order valence-corrected chi connectivity index (χ1v) is 4.33. The molecule has 2 rings (SSSR count). The minimum atomic E-state index is -0.394. The highest BCUT2D eigenvalue weighted by molar-refractivity contribution is 5.98. The Morgan fingerprint density at radius 2 is 2.21 bits per heavy atom. The number of nitrogens with two attached hydrogens (primary N) is 1. The van der Waals surface area contributed by atoms with Gasteiger partial charge in [-0.05, 0) is 24.5 Å². The van der Waals surface area contributed by atoms with Gasteiger partial charge in [0.2, 0.25) is 5.91 Å². The van der Waals surface area contributed by atoms with Gasteiger partial charge in [-0.25, -0.2) is 0 Å². The number of hydrogen-bond donors (Lipinski definition) is 2. The molecule has 0 aromatic heterocycles. The molecule has 0 aliphatic carbocycles. The maximum Gasteiger partial charge on any atom is 0.241 e. The lowest BCUT2D eigenvalue weighted by Gasteiger charge is -2.23. The van der Waals surface area contributed by atoms with Crippen LogP contribution in [0, 0.1) is 6.92 Å². The summed E-state index contributed by atoms with van der Waals surface area (Å²) in [4.78, 5) is 11.3. The molecule has 1 heterocycles. The van der Waals surface area contributed by atoms with Crippen molar-refractivity contribution in [1.82, 2.24) is 0 Å². The molecule has 1 aliphatic heterocycles. The summed E-state index contributed by atoms with van der Waals surface area (Å²) < 4.78 is 0. The van der Waals surface area contributed by atoms with E-state index in [0.717, 1.165) is 16.8 Å². The Bertz CT molecular complexity index is 365. The molecule has 76 valence electrons. The topological polar surface area (TPSA) is 55.1 Å². The van der Waals surface area contributed by atoms with Crippen LogP contribution in [0.4, 0.5) is 5.69 Å². The van der Waals surface area contributed by atoms with Crippen molar-refractivity contribution in [3.05, 3.63) is 29.3 Å². The molecule has 1 unspecified atom stereocenters. The zero-order chi connectivity index (χ0) is 9.42. The van der Waals surface area contributed by atoms with Crippen molar-refractivity contribution in [2.75, 3.05) is 5.32 Å².